The van der Waals surface area contributed by atoms with Gasteiger partial charge in [-0.05, 0) is 36.6 Å². The van der Waals surface area contributed by atoms with Gasteiger partial charge in [0.1, 0.15) is 0 Å². The average Bonchev–Trinajstić information content (AvgIpc) is 2.51. The van der Waals surface area contributed by atoms with Gasteiger partial charge in [0, 0.05) is 25.1 Å². The van der Waals surface area contributed by atoms with Gasteiger partial charge in [0.05, 0.1) is 7.11 Å². The van der Waals surface area contributed by atoms with Crippen molar-refractivity contribution in [2.75, 3.05) is 21.2 Å². The Morgan fingerprint density at radius 1 is 1.09 bits per heavy atom. The Kier molecular flexibility index (Phi) is 8.67. The van der Waals surface area contributed by atoms with Gasteiger partial charge in [-0.15, -0.1) is 0 Å². The number of carbonyl (C=O) groups is 2. The first kappa shape index (κ1) is 18.6. The van der Waals surface area contributed by atoms with Crippen LogP contribution in [0.15, 0.2) is 35.3 Å². The number of methoxy groups -OCH3 is 1. The molecule has 0 atom stereocenters. The van der Waals surface area contributed by atoms with Gasteiger partial charge in [-0.3, -0.25) is 4.79 Å². The number of allylic oxidation sites excluding steroid dienone is 4. The van der Waals surface area contributed by atoms with Crippen LogP contribution in [0.4, 0.5) is 4.79 Å². The molecule has 4 nitrogen and oxygen atoms in total. The normalized spacial score (nSPS) is 17.1. The summed E-state index contributed by atoms with van der Waals surface area (Å²) in [5.74, 6) is 0.153. The highest BCUT2D eigenvalue weighted by Gasteiger charge is 2.13. The molecule has 0 saturated heterocycles. The molecule has 0 aromatic rings. The maximum Gasteiger partial charge on any atom is 0.330 e. The molecule has 1 saturated carbocycles. The Bertz CT molecular complexity index is 461. The summed E-state index contributed by atoms with van der Waals surface area (Å²) in [6.45, 7) is 0. The smallest absolute Gasteiger partial charge is 0.330 e. The summed E-state index contributed by atoms with van der Waals surface area (Å²) in [4.78, 5) is 25.4. The molecular formula is C17H25NO3S. The molecule has 0 N–H and O–H groups in total. The fourth-order valence-electron chi connectivity index (χ4n) is 2.20. The summed E-state index contributed by atoms with van der Waals surface area (Å²) in [6.07, 6.45) is 15.0. The second-order valence-electron chi connectivity index (χ2n) is 5.47. The lowest BCUT2D eigenvalue weighted by atomic mass is 9.89. The number of esters is 1. The average molecular weight is 323 g/mol. The van der Waals surface area contributed by atoms with Crippen LogP contribution >= 0.6 is 11.8 Å². The van der Waals surface area contributed by atoms with E-state index in [4.69, 9.17) is 0 Å². The van der Waals surface area contributed by atoms with Gasteiger partial charge in [-0.25, -0.2) is 4.79 Å². The highest BCUT2D eigenvalue weighted by atomic mass is 32.2. The zero-order valence-corrected chi connectivity index (χ0v) is 14.4. The summed E-state index contributed by atoms with van der Waals surface area (Å²) in [5.41, 5.74) is 0. The van der Waals surface area contributed by atoms with Crippen molar-refractivity contribution in [2.24, 2.45) is 5.92 Å². The van der Waals surface area contributed by atoms with Gasteiger partial charge < -0.3 is 9.64 Å². The van der Waals surface area contributed by atoms with Crippen LogP contribution in [0.2, 0.25) is 0 Å². The maximum atomic E-state index is 11.9. The first-order valence-electron chi connectivity index (χ1n) is 7.56. The van der Waals surface area contributed by atoms with E-state index in [-0.39, 0.29) is 11.2 Å². The number of rotatable bonds is 5. The van der Waals surface area contributed by atoms with Crippen molar-refractivity contribution in [3.63, 3.8) is 0 Å². The van der Waals surface area contributed by atoms with E-state index in [1.165, 1.54) is 57.1 Å². The number of hydrogen-bond donors (Lipinski definition) is 0. The van der Waals surface area contributed by atoms with E-state index in [1.807, 2.05) is 6.08 Å². The predicted octanol–water partition coefficient (Wildman–Crippen LogP) is 4.15. The molecule has 122 valence electrons. The highest BCUT2D eigenvalue weighted by Crippen LogP contribution is 2.29. The molecule has 0 spiro atoms. The number of ether oxygens (including phenoxy) is 1. The van der Waals surface area contributed by atoms with Crippen LogP contribution < -0.4 is 0 Å². The van der Waals surface area contributed by atoms with Crippen molar-refractivity contribution in [1.82, 2.24) is 4.90 Å². The van der Waals surface area contributed by atoms with Crippen LogP contribution in [0, 0.1) is 5.92 Å². The molecule has 22 heavy (non-hydrogen) atoms. The van der Waals surface area contributed by atoms with Gasteiger partial charge in [0.25, 0.3) is 5.24 Å². The van der Waals surface area contributed by atoms with Crippen LogP contribution in [0.5, 0.6) is 0 Å². The standard InChI is InChI=1S/C17H25NO3S/c1-18(2)17(20)22-15(11-7-8-12-16(19)21-3)13-14-9-5-4-6-10-14/h7-8,11-14H,4-6,9-10H2,1-3H3/b11-7+,12-8-,15-13-. The van der Waals surface area contributed by atoms with Gasteiger partial charge in [-0.2, -0.15) is 0 Å². The SMILES string of the molecule is COC(=O)\C=C/C=C/C(=C/C1CCCCC1)SC(=O)N(C)C. The second kappa shape index (κ2) is 10.3. The molecule has 1 amide bonds. The first-order chi connectivity index (χ1) is 10.5. The third-order valence-corrected chi connectivity index (χ3v) is 4.47. The Hall–Kier alpha value is -1.49. The van der Waals surface area contributed by atoms with E-state index in [1.54, 1.807) is 31.1 Å². The summed E-state index contributed by atoms with van der Waals surface area (Å²) >= 11 is 1.22. The quantitative estimate of drug-likeness (QED) is 0.433. The molecule has 0 aliphatic heterocycles. The molecule has 1 aliphatic carbocycles. The van der Waals surface area contributed by atoms with Crippen molar-refractivity contribution in [1.29, 1.82) is 0 Å². The van der Waals surface area contributed by atoms with Crippen LogP contribution in [0.25, 0.3) is 0 Å². The lowest BCUT2D eigenvalue weighted by molar-refractivity contribution is -0.134. The van der Waals surface area contributed by atoms with Gasteiger partial charge >= 0.3 is 5.97 Å². The maximum absolute atomic E-state index is 11.9. The number of carbonyl (C=O) groups excluding carboxylic acids is 2. The van der Waals surface area contributed by atoms with Crippen molar-refractivity contribution >= 4 is 23.0 Å². The fraction of sp³-hybridized carbons (Fsp3) is 0.529. The summed E-state index contributed by atoms with van der Waals surface area (Å²) in [6, 6.07) is 0. The van der Waals surface area contributed by atoms with E-state index >= 15 is 0 Å². The van der Waals surface area contributed by atoms with Gasteiger partial charge in [-0.1, -0.05) is 37.5 Å². The minimum absolute atomic E-state index is 0.00339. The molecule has 0 aromatic heterocycles. The topological polar surface area (TPSA) is 46.6 Å². The van der Waals surface area contributed by atoms with E-state index < -0.39 is 0 Å². The van der Waals surface area contributed by atoms with Crippen LogP contribution in [-0.4, -0.2) is 37.3 Å². The van der Waals surface area contributed by atoms with E-state index in [2.05, 4.69) is 10.8 Å². The van der Waals surface area contributed by atoms with Crippen LogP contribution in [0.1, 0.15) is 32.1 Å². The Balaban J connectivity index is 2.74. The molecule has 0 unspecified atom stereocenters. The fourth-order valence-corrected chi connectivity index (χ4v) is 2.99. The molecule has 1 rings (SSSR count). The highest BCUT2D eigenvalue weighted by molar-refractivity contribution is 8.17. The molecular weight excluding hydrogens is 298 g/mol. The lowest BCUT2D eigenvalue weighted by Gasteiger charge is -2.19. The van der Waals surface area contributed by atoms with Crippen LogP contribution in [-0.2, 0) is 9.53 Å². The number of amides is 1. The Morgan fingerprint density at radius 3 is 2.32 bits per heavy atom. The molecule has 1 fully saturated rings. The summed E-state index contributed by atoms with van der Waals surface area (Å²) in [5, 5.41) is 0.00339. The van der Waals surface area contributed by atoms with Gasteiger partial charge in [0.2, 0.25) is 0 Å². The molecule has 1 aliphatic rings. The van der Waals surface area contributed by atoms with Crippen molar-refractivity contribution in [2.45, 2.75) is 32.1 Å². The Morgan fingerprint density at radius 2 is 1.73 bits per heavy atom. The zero-order valence-electron chi connectivity index (χ0n) is 13.6. The minimum Gasteiger partial charge on any atom is -0.466 e. The molecule has 5 heteroatoms. The third-order valence-electron chi connectivity index (χ3n) is 3.43. The molecule has 0 heterocycles. The first-order valence-corrected chi connectivity index (χ1v) is 8.38. The largest absolute Gasteiger partial charge is 0.466 e. The predicted molar refractivity (Wildman–Crippen MR) is 91.6 cm³/mol. The zero-order chi connectivity index (χ0) is 16.4. The van der Waals surface area contributed by atoms with Crippen molar-refractivity contribution in [3.05, 3.63) is 35.3 Å². The molecule has 0 bridgehead atoms. The van der Waals surface area contributed by atoms with E-state index in [9.17, 15) is 9.59 Å². The number of thioether (sulfide) groups is 1. The molecule has 0 radical (unpaired) electrons. The van der Waals surface area contributed by atoms with Crippen molar-refractivity contribution in [3.8, 4) is 0 Å². The van der Waals surface area contributed by atoms with Crippen molar-refractivity contribution < 1.29 is 14.3 Å². The van der Waals surface area contributed by atoms with E-state index in [0.29, 0.717) is 5.92 Å². The molecule has 0 aromatic carbocycles. The van der Waals surface area contributed by atoms with Gasteiger partial charge in [0.15, 0.2) is 0 Å². The number of nitrogens with zero attached hydrogens (tertiary/aromatic N) is 1. The summed E-state index contributed by atoms with van der Waals surface area (Å²) in [7, 11) is 4.83. The van der Waals surface area contributed by atoms with E-state index in [0.717, 1.165) is 4.91 Å². The second-order valence-corrected chi connectivity index (χ2v) is 6.50. The number of hydrogen-bond acceptors (Lipinski definition) is 4. The monoisotopic (exact) mass is 323 g/mol. The minimum atomic E-state index is -0.389. The Labute approximate surface area is 137 Å². The lowest BCUT2D eigenvalue weighted by Crippen LogP contribution is -2.16. The van der Waals surface area contributed by atoms with Crippen LogP contribution in [0.3, 0.4) is 0 Å². The third kappa shape index (κ3) is 7.50. The summed E-state index contributed by atoms with van der Waals surface area (Å²) < 4.78 is 4.53.